The Kier molecular flexibility index (Phi) is 8.06. The number of nitrogens with one attached hydrogen (secondary N) is 2. The van der Waals surface area contributed by atoms with Gasteiger partial charge in [-0.25, -0.2) is 0 Å². The zero-order valence-corrected chi connectivity index (χ0v) is 23.3. The number of nitrogens with zero attached hydrogens (tertiary/aromatic N) is 1. The molecule has 206 valence electrons. The summed E-state index contributed by atoms with van der Waals surface area (Å²) in [5.41, 5.74) is -0.749. The van der Waals surface area contributed by atoms with Crippen LogP contribution >= 0.6 is 23.2 Å². The van der Waals surface area contributed by atoms with Crippen LogP contribution in [0.4, 0.5) is 5.69 Å². The topological polar surface area (TPSA) is 97.0 Å². The molecule has 1 aromatic carbocycles. The zero-order chi connectivity index (χ0) is 27.0. The molecule has 5 atom stereocenters. The Bertz CT molecular complexity index is 1100. The number of benzene rings is 1. The number of amides is 3. The van der Waals surface area contributed by atoms with Gasteiger partial charge in [-0.05, 0) is 51.3 Å². The molecular formula is C28H35Cl2N3O5. The van der Waals surface area contributed by atoms with Gasteiger partial charge in [-0.1, -0.05) is 54.6 Å². The van der Waals surface area contributed by atoms with Gasteiger partial charge in [0.25, 0.3) is 0 Å². The maximum Gasteiger partial charge on any atom is 0.246 e. The third kappa shape index (κ3) is 5.20. The summed E-state index contributed by atoms with van der Waals surface area (Å²) >= 11 is 12.2. The summed E-state index contributed by atoms with van der Waals surface area (Å²) < 4.78 is 12.1. The molecule has 1 aromatic rings. The number of carbonyl (C=O) groups excluding carboxylic acids is 3. The molecule has 2 bridgehead atoms. The van der Waals surface area contributed by atoms with Crippen LogP contribution in [0.1, 0.15) is 52.4 Å². The van der Waals surface area contributed by atoms with E-state index in [1.165, 1.54) is 6.42 Å². The van der Waals surface area contributed by atoms with E-state index in [4.69, 9.17) is 32.7 Å². The summed E-state index contributed by atoms with van der Waals surface area (Å²) in [6.45, 7) is 4.72. The van der Waals surface area contributed by atoms with E-state index in [0.29, 0.717) is 35.3 Å². The highest BCUT2D eigenvalue weighted by atomic mass is 35.5. The Hall–Kier alpha value is -2.13. The van der Waals surface area contributed by atoms with Crippen LogP contribution in [0.2, 0.25) is 10.0 Å². The molecule has 5 rings (SSSR count). The Balaban J connectivity index is 1.40. The maximum atomic E-state index is 14.0. The molecule has 0 aromatic heterocycles. The normalized spacial score (nSPS) is 30.2. The van der Waals surface area contributed by atoms with Gasteiger partial charge in [0, 0.05) is 34.9 Å². The molecule has 38 heavy (non-hydrogen) atoms. The summed E-state index contributed by atoms with van der Waals surface area (Å²) in [5, 5.41) is 6.83. The van der Waals surface area contributed by atoms with Crippen molar-refractivity contribution in [3.05, 3.63) is 40.4 Å². The van der Waals surface area contributed by atoms with Crippen LogP contribution in [-0.4, -0.2) is 65.7 Å². The smallest absolute Gasteiger partial charge is 0.246 e. The number of rotatable bonds is 9. The second-order valence-electron chi connectivity index (χ2n) is 11.0. The first-order valence-electron chi connectivity index (χ1n) is 13.6. The highest BCUT2D eigenvalue weighted by Gasteiger charge is 2.72. The largest absolute Gasteiger partial charge is 0.379 e. The Morgan fingerprint density at radius 2 is 1.84 bits per heavy atom. The number of hydrogen-bond acceptors (Lipinski definition) is 5. The van der Waals surface area contributed by atoms with E-state index in [0.717, 1.165) is 25.7 Å². The molecule has 1 saturated carbocycles. The number of halogens is 2. The van der Waals surface area contributed by atoms with Gasteiger partial charge >= 0.3 is 0 Å². The van der Waals surface area contributed by atoms with Crippen molar-refractivity contribution in [2.45, 2.75) is 82.3 Å². The molecule has 10 heteroatoms. The van der Waals surface area contributed by atoms with Gasteiger partial charge in [0.05, 0.1) is 24.0 Å². The number of ether oxygens (including phenoxy) is 2. The first-order chi connectivity index (χ1) is 18.2. The van der Waals surface area contributed by atoms with Crippen molar-refractivity contribution in [2.75, 3.05) is 18.5 Å². The van der Waals surface area contributed by atoms with Crippen molar-refractivity contribution >= 4 is 46.6 Å². The monoisotopic (exact) mass is 563 g/mol. The Morgan fingerprint density at radius 1 is 1.13 bits per heavy atom. The van der Waals surface area contributed by atoms with Gasteiger partial charge in [-0.3, -0.25) is 14.4 Å². The predicted molar refractivity (Wildman–Crippen MR) is 145 cm³/mol. The van der Waals surface area contributed by atoms with E-state index in [2.05, 4.69) is 10.6 Å². The standard InChI is InChI=1S/C28H35Cl2N3O5/c1-16(2)37-12-6-11-33-24(26(35)31-19-7-4-3-5-8-19)28-10-9-21(38-28)22(23(28)27(33)36)25(34)32-20-14-17(29)13-18(30)15-20/h9-10,13-16,19,21-24H,3-8,11-12H2,1-2H3,(H,31,35)(H,32,34)/t21-,22-,23-,24+,28-/m0/s1. The molecule has 1 aliphatic carbocycles. The minimum absolute atomic E-state index is 0.0718. The van der Waals surface area contributed by atoms with E-state index in [9.17, 15) is 14.4 Å². The van der Waals surface area contributed by atoms with E-state index >= 15 is 0 Å². The molecule has 0 radical (unpaired) electrons. The summed E-state index contributed by atoms with van der Waals surface area (Å²) in [6, 6.07) is 4.02. The molecule has 8 nitrogen and oxygen atoms in total. The van der Waals surface area contributed by atoms with Gasteiger partial charge in [0.15, 0.2) is 0 Å². The number of likely N-dealkylation sites (tertiary alicyclic amines) is 1. The third-order valence-electron chi connectivity index (χ3n) is 8.00. The van der Waals surface area contributed by atoms with Crippen molar-refractivity contribution in [3.8, 4) is 0 Å². The van der Waals surface area contributed by atoms with Crippen LogP contribution in [0.25, 0.3) is 0 Å². The zero-order valence-electron chi connectivity index (χ0n) is 21.8. The van der Waals surface area contributed by atoms with E-state index in [-0.39, 0.29) is 29.9 Å². The second-order valence-corrected chi connectivity index (χ2v) is 11.9. The SMILES string of the molecule is CC(C)OCCCN1C(=O)[C@@H]2[C@@H](C(=O)Nc3cc(Cl)cc(Cl)c3)[C@@H]3C=C[C@@]2(O3)[C@H]1C(=O)NC1CCCCC1. The molecule has 2 saturated heterocycles. The van der Waals surface area contributed by atoms with Crippen LogP contribution in [0, 0.1) is 11.8 Å². The Labute approximate surface area is 233 Å². The fraction of sp³-hybridized carbons (Fsp3) is 0.607. The van der Waals surface area contributed by atoms with E-state index in [1.54, 1.807) is 23.1 Å². The van der Waals surface area contributed by atoms with Gasteiger partial charge in [-0.15, -0.1) is 0 Å². The average Bonchev–Trinajstić information content (AvgIpc) is 3.49. The van der Waals surface area contributed by atoms with Gasteiger partial charge in [0.2, 0.25) is 17.7 Å². The quantitative estimate of drug-likeness (QED) is 0.344. The third-order valence-corrected chi connectivity index (χ3v) is 8.44. The van der Waals surface area contributed by atoms with Gasteiger partial charge in [-0.2, -0.15) is 0 Å². The van der Waals surface area contributed by atoms with Crippen molar-refractivity contribution in [1.29, 1.82) is 0 Å². The molecular weight excluding hydrogens is 529 g/mol. The summed E-state index contributed by atoms with van der Waals surface area (Å²) in [6.07, 6.45) is 8.86. The minimum atomic E-state index is -1.19. The fourth-order valence-corrected chi connectivity index (χ4v) is 6.97. The number of fused-ring (bicyclic) bond motifs is 1. The minimum Gasteiger partial charge on any atom is -0.379 e. The number of carbonyl (C=O) groups is 3. The molecule has 2 N–H and O–H groups in total. The lowest BCUT2D eigenvalue weighted by molar-refractivity contribution is -0.141. The molecule has 3 heterocycles. The van der Waals surface area contributed by atoms with Crippen LogP contribution in [0.15, 0.2) is 30.4 Å². The highest BCUT2D eigenvalue weighted by molar-refractivity contribution is 6.35. The molecule has 3 fully saturated rings. The lowest BCUT2D eigenvalue weighted by atomic mass is 9.74. The lowest BCUT2D eigenvalue weighted by Crippen LogP contribution is -2.56. The number of hydrogen-bond donors (Lipinski definition) is 2. The van der Waals surface area contributed by atoms with Crippen LogP contribution < -0.4 is 10.6 Å². The lowest BCUT2D eigenvalue weighted by Gasteiger charge is -2.34. The van der Waals surface area contributed by atoms with Crippen LogP contribution in [0.5, 0.6) is 0 Å². The van der Waals surface area contributed by atoms with Crippen LogP contribution in [-0.2, 0) is 23.9 Å². The summed E-state index contributed by atoms with van der Waals surface area (Å²) in [7, 11) is 0. The van der Waals surface area contributed by atoms with Crippen LogP contribution in [0.3, 0.4) is 0 Å². The van der Waals surface area contributed by atoms with Crippen molar-refractivity contribution in [2.24, 2.45) is 11.8 Å². The predicted octanol–water partition coefficient (Wildman–Crippen LogP) is 4.35. The van der Waals surface area contributed by atoms with Gasteiger partial charge in [0.1, 0.15) is 11.6 Å². The van der Waals surface area contributed by atoms with Gasteiger partial charge < -0.3 is 25.0 Å². The Morgan fingerprint density at radius 3 is 2.53 bits per heavy atom. The second kappa shape index (κ2) is 11.2. The van der Waals surface area contributed by atoms with Crippen molar-refractivity contribution in [3.63, 3.8) is 0 Å². The first-order valence-corrected chi connectivity index (χ1v) is 14.3. The molecule has 1 spiro atoms. The maximum absolute atomic E-state index is 14.0. The molecule has 0 unspecified atom stereocenters. The van der Waals surface area contributed by atoms with Crippen molar-refractivity contribution < 1.29 is 23.9 Å². The highest BCUT2D eigenvalue weighted by Crippen LogP contribution is 2.55. The molecule has 4 aliphatic rings. The fourth-order valence-electron chi connectivity index (χ4n) is 6.44. The van der Waals surface area contributed by atoms with Crippen molar-refractivity contribution in [1.82, 2.24) is 10.2 Å². The molecule has 3 amide bonds. The van der Waals surface area contributed by atoms with E-state index in [1.807, 2.05) is 26.0 Å². The summed E-state index contributed by atoms with van der Waals surface area (Å²) in [5.74, 6) is -2.42. The van der Waals surface area contributed by atoms with E-state index < -0.39 is 29.6 Å². The average molecular weight is 565 g/mol. The summed E-state index contributed by atoms with van der Waals surface area (Å²) in [4.78, 5) is 42.9. The number of anilines is 1. The molecule has 3 aliphatic heterocycles. The first kappa shape index (κ1) is 27.4.